The molecule has 1 aliphatic heterocycles. The molecule has 0 amide bonds. The Kier molecular flexibility index (Phi) is 5.64. The van der Waals surface area contributed by atoms with Gasteiger partial charge in [0.05, 0.1) is 16.5 Å². The van der Waals surface area contributed by atoms with Crippen molar-refractivity contribution in [3.8, 4) is 0 Å². The van der Waals surface area contributed by atoms with Crippen LogP contribution in [0.1, 0.15) is 37.9 Å². The van der Waals surface area contributed by atoms with Crippen molar-refractivity contribution in [1.29, 1.82) is 0 Å². The molecular weight excluding hydrogens is 410 g/mol. The van der Waals surface area contributed by atoms with Crippen molar-refractivity contribution in [3.05, 3.63) is 76.3 Å². The monoisotopic (exact) mass is 433 g/mol. The second-order valence-corrected chi connectivity index (χ2v) is 10.6. The van der Waals surface area contributed by atoms with E-state index in [1.54, 1.807) is 54.6 Å². The van der Waals surface area contributed by atoms with Crippen molar-refractivity contribution in [2.24, 2.45) is 5.41 Å². The minimum atomic E-state index is -3.98. The van der Waals surface area contributed by atoms with Crippen LogP contribution >= 0.6 is 11.6 Å². The number of benzene rings is 2. The standard InChI is InChI=1S/C22H24ClNO4S/c1-14-5-11-17(12-6-14)29(27,28)24-19(22(2,3)4)13-18(21(25)26)20(24)15-7-9-16(23)10-8-15/h5-13,19-20H,1-4H3,(H,25,26)/t19-,20-/m0/s1. The Bertz CT molecular complexity index is 1050. The van der Waals surface area contributed by atoms with E-state index in [1.165, 1.54) is 4.31 Å². The van der Waals surface area contributed by atoms with Crippen LogP contribution < -0.4 is 0 Å². The number of aliphatic carboxylic acids is 1. The molecule has 0 spiro atoms. The molecule has 0 fully saturated rings. The fraction of sp³-hybridized carbons (Fsp3) is 0.318. The van der Waals surface area contributed by atoms with Gasteiger partial charge in [0.1, 0.15) is 0 Å². The van der Waals surface area contributed by atoms with Gasteiger partial charge in [-0.05, 0) is 42.2 Å². The zero-order valence-corrected chi connectivity index (χ0v) is 18.3. The van der Waals surface area contributed by atoms with Crippen LogP contribution in [0.2, 0.25) is 5.02 Å². The lowest BCUT2D eigenvalue weighted by Gasteiger charge is -2.37. The van der Waals surface area contributed by atoms with E-state index in [1.807, 2.05) is 27.7 Å². The first-order valence-corrected chi connectivity index (χ1v) is 11.1. The molecule has 7 heteroatoms. The van der Waals surface area contributed by atoms with Crippen molar-refractivity contribution < 1.29 is 18.3 Å². The zero-order valence-electron chi connectivity index (χ0n) is 16.8. The van der Waals surface area contributed by atoms with Gasteiger partial charge in [0.25, 0.3) is 0 Å². The molecule has 0 radical (unpaired) electrons. The number of carbonyl (C=O) groups is 1. The van der Waals surface area contributed by atoms with E-state index < -0.39 is 33.5 Å². The van der Waals surface area contributed by atoms with E-state index in [0.29, 0.717) is 10.6 Å². The van der Waals surface area contributed by atoms with Crippen molar-refractivity contribution in [1.82, 2.24) is 4.31 Å². The summed E-state index contributed by atoms with van der Waals surface area (Å²) in [5.74, 6) is -1.14. The number of carboxylic acid groups (broad SMARTS) is 1. The highest BCUT2D eigenvalue weighted by Gasteiger charge is 2.49. The molecule has 154 valence electrons. The quantitative estimate of drug-likeness (QED) is 0.750. The van der Waals surface area contributed by atoms with E-state index in [4.69, 9.17) is 11.6 Å². The number of hydrogen-bond donors (Lipinski definition) is 1. The van der Waals surface area contributed by atoms with E-state index in [0.717, 1.165) is 5.56 Å². The summed E-state index contributed by atoms with van der Waals surface area (Å²) in [6, 6.07) is 11.6. The van der Waals surface area contributed by atoms with E-state index in [9.17, 15) is 18.3 Å². The molecule has 0 saturated carbocycles. The second-order valence-electron chi connectivity index (χ2n) is 8.34. The first-order valence-electron chi connectivity index (χ1n) is 9.23. The van der Waals surface area contributed by atoms with Crippen LogP contribution in [0.3, 0.4) is 0 Å². The average molecular weight is 434 g/mol. The Hall–Kier alpha value is -2.15. The lowest BCUT2D eigenvalue weighted by molar-refractivity contribution is -0.133. The SMILES string of the molecule is Cc1ccc(S(=O)(=O)N2[C@@H](c3ccc(Cl)cc3)C(C(=O)O)=C[C@H]2C(C)(C)C)cc1. The predicted octanol–water partition coefficient (Wildman–Crippen LogP) is 4.82. The van der Waals surface area contributed by atoms with Crippen LogP contribution in [0, 0.1) is 12.3 Å². The third-order valence-corrected chi connectivity index (χ3v) is 7.19. The number of sulfonamides is 1. The lowest BCUT2D eigenvalue weighted by atomic mass is 9.87. The summed E-state index contributed by atoms with van der Waals surface area (Å²) in [6.07, 6.45) is 1.56. The van der Waals surface area contributed by atoms with Gasteiger partial charge in [-0.15, -0.1) is 0 Å². The number of halogens is 1. The Morgan fingerprint density at radius 1 is 1.03 bits per heavy atom. The Balaban J connectivity index is 2.23. The number of nitrogens with zero attached hydrogens (tertiary/aromatic N) is 1. The fourth-order valence-electron chi connectivity index (χ4n) is 3.54. The smallest absolute Gasteiger partial charge is 0.333 e. The van der Waals surface area contributed by atoms with E-state index >= 15 is 0 Å². The maximum atomic E-state index is 13.7. The summed E-state index contributed by atoms with van der Waals surface area (Å²) in [7, 11) is -3.98. The Morgan fingerprint density at radius 2 is 1.59 bits per heavy atom. The molecule has 2 aromatic carbocycles. The van der Waals surface area contributed by atoms with Gasteiger partial charge < -0.3 is 5.11 Å². The van der Waals surface area contributed by atoms with Gasteiger partial charge in [-0.2, -0.15) is 4.31 Å². The maximum Gasteiger partial charge on any atom is 0.333 e. The molecule has 0 aliphatic carbocycles. The van der Waals surface area contributed by atoms with Crippen LogP contribution in [0.4, 0.5) is 0 Å². The molecule has 2 aromatic rings. The molecular formula is C22H24ClNO4S. The van der Waals surface area contributed by atoms with Crippen molar-refractivity contribution >= 4 is 27.6 Å². The van der Waals surface area contributed by atoms with Crippen LogP contribution in [0.15, 0.2) is 65.1 Å². The third-order valence-electron chi connectivity index (χ3n) is 5.08. The largest absolute Gasteiger partial charge is 0.478 e. The summed E-state index contributed by atoms with van der Waals surface area (Å²) in [4.78, 5) is 12.2. The summed E-state index contributed by atoms with van der Waals surface area (Å²) in [6.45, 7) is 7.57. The van der Waals surface area contributed by atoms with Gasteiger partial charge in [-0.1, -0.05) is 68.3 Å². The van der Waals surface area contributed by atoms with Gasteiger partial charge in [0.15, 0.2) is 0 Å². The molecule has 2 atom stereocenters. The molecule has 29 heavy (non-hydrogen) atoms. The van der Waals surface area contributed by atoms with Gasteiger partial charge in [-0.3, -0.25) is 0 Å². The number of carboxylic acids is 1. The van der Waals surface area contributed by atoms with Gasteiger partial charge in [0, 0.05) is 11.1 Å². The van der Waals surface area contributed by atoms with Gasteiger partial charge in [0.2, 0.25) is 10.0 Å². The first kappa shape index (κ1) is 21.6. The summed E-state index contributed by atoms with van der Waals surface area (Å²) in [5.41, 5.74) is 1.03. The molecule has 3 rings (SSSR count). The molecule has 1 heterocycles. The van der Waals surface area contributed by atoms with E-state index in [-0.39, 0.29) is 10.5 Å². The van der Waals surface area contributed by atoms with Crippen molar-refractivity contribution in [2.75, 3.05) is 0 Å². The molecule has 5 nitrogen and oxygen atoms in total. The lowest BCUT2D eigenvalue weighted by Crippen LogP contribution is -2.45. The van der Waals surface area contributed by atoms with Crippen molar-refractivity contribution in [2.45, 2.75) is 44.7 Å². The highest BCUT2D eigenvalue weighted by atomic mass is 35.5. The minimum Gasteiger partial charge on any atom is -0.478 e. The Morgan fingerprint density at radius 3 is 2.07 bits per heavy atom. The number of rotatable bonds is 4. The highest BCUT2D eigenvalue weighted by Crippen LogP contribution is 2.46. The predicted molar refractivity (Wildman–Crippen MR) is 113 cm³/mol. The van der Waals surface area contributed by atoms with Crippen LogP contribution in [0.25, 0.3) is 0 Å². The van der Waals surface area contributed by atoms with Crippen LogP contribution in [-0.4, -0.2) is 29.8 Å². The minimum absolute atomic E-state index is 0.0444. The number of aryl methyl sites for hydroxylation is 1. The molecule has 0 unspecified atom stereocenters. The molecule has 1 N–H and O–H groups in total. The topological polar surface area (TPSA) is 74.7 Å². The second kappa shape index (κ2) is 7.59. The summed E-state index contributed by atoms with van der Waals surface area (Å²) >= 11 is 5.99. The molecule has 0 aromatic heterocycles. The molecule has 0 saturated heterocycles. The third kappa shape index (κ3) is 4.10. The molecule has 0 bridgehead atoms. The average Bonchev–Trinajstić information content (AvgIpc) is 3.05. The van der Waals surface area contributed by atoms with Gasteiger partial charge >= 0.3 is 5.97 Å². The normalized spacial score (nSPS) is 20.5. The van der Waals surface area contributed by atoms with Crippen molar-refractivity contribution in [3.63, 3.8) is 0 Å². The van der Waals surface area contributed by atoms with Crippen LogP contribution in [0.5, 0.6) is 0 Å². The van der Waals surface area contributed by atoms with Crippen LogP contribution in [-0.2, 0) is 14.8 Å². The Labute approximate surface area is 176 Å². The van der Waals surface area contributed by atoms with Gasteiger partial charge in [-0.25, -0.2) is 13.2 Å². The van der Waals surface area contributed by atoms with E-state index in [2.05, 4.69) is 0 Å². The molecule has 1 aliphatic rings. The summed E-state index contributed by atoms with van der Waals surface area (Å²) in [5, 5.41) is 10.4. The highest BCUT2D eigenvalue weighted by molar-refractivity contribution is 7.89. The number of hydrogen-bond acceptors (Lipinski definition) is 3. The summed E-state index contributed by atoms with van der Waals surface area (Å²) < 4.78 is 28.7. The first-order chi connectivity index (χ1) is 13.4. The maximum absolute atomic E-state index is 13.7. The zero-order chi connectivity index (χ0) is 21.6. The fourth-order valence-corrected chi connectivity index (χ4v) is 5.58.